The summed E-state index contributed by atoms with van der Waals surface area (Å²) in [6.45, 7) is 0.757. The Hall–Kier alpha value is -2.42. The molecule has 30 heavy (non-hydrogen) atoms. The zero-order chi connectivity index (χ0) is 20.8. The van der Waals surface area contributed by atoms with Gasteiger partial charge in [-0.3, -0.25) is 4.79 Å². The van der Waals surface area contributed by atoms with E-state index in [4.69, 9.17) is 16.9 Å². The normalized spacial score (nSPS) is 19.0. The van der Waals surface area contributed by atoms with Gasteiger partial charge in [-0.05, 0) is 48.9 Å². The molecule has 1 radical (unpaired) electrons. The predicted molar refractivity (Wildman–Crippen MR) is 123 cm³/mol. The van der Waals surface area contributed by atoms with Crippen LogP contribution in [0.1, 0.15) is 53.1 Å². The lowest BCUT2D eigenvalue weighted by atomic mass is 9.81. The van der Waals surface area contributed by atoms with Crippen molar-refractivity contribution < 1.29 is 4.79 Å². The molecule has 153 valence electrons. The van der Waals surface area contributed by atoms with Crippen molar-refractivity contribution in [2.45, 2.75) is 37.6 Å². The van der Waals surface area contributed by atoms with Crippen molar-refractivity contribution in [3.8, 4) is 0 Å². The fraction of sp³-hybridized carbons (Fsp3) is 0.296. The molecule has 0 spiro atoms. The van der Waals surface area contributed by atoms with Crippen LogP contribution in [0, 0.1) is 5.92 Å². The van der Waals surface area contributed by atoms with E-state index in [-0.39, 0.29) is 17.7 Å². The minimum absolute atomic E-state index is 0.0132. The monoisotopic (exact) mass is 416 g/mol. The molecule has 0 aromatic heterocycles. The molecular weight excluding hydrogens is 390 g/mol. The first-order chi connectivity index (χ1) is 14.7. The predicted octanol–water partition coefficient (Wildman–Crippen LogP) is 6.52. The molecule has 3 heteroatoms. The van der Waals surface area contributed by atoms with Crippen molar-refractivity contribution >= 4 is 17.4 Å². The van der Waals surface area contributed by atoms with Gasteiger partial charge in [0, 0.05) is 30.0 Å². The van der Waals surface area contributed by atoms with Gasteiger partial charge >= 0.3 is 0 Å². The van der Waals surface area contributed by atoms with Gasteiger partial charge in [-0.2, -0.15) is 0 Å². The number of piperidine rings is 1. The second kappa shape index (κ2) is 10.1. The van der Waals surface area contributed by atoms with Crippen LogP contribution in [0.4, 0.5) is 0 Å². The topological polar surface area (TPSA) is 31.2 Å². The molecule has 0 saturated carbocycles. The SMILES string of the molecule is O=C(c1ccccc1Cl)C1CC[N]C(CCC(c2ccccc2)c2ccccc2)C1. The van der Waals surface area contributed by atoms with Crippen molar-refractivity contribution in [1.29, 1.82) is 0 Å². The van der Waals surface area contributed by atoms with Gasteiger partial charge in [0.15, 0.2) is 5.78 Å². The molecule has 4 rings (SSSR count). The lowest BCUT2D eigenvalue weighted by molar-refractivity contribution is 0.0874. The molecule has 3 aromatic rings. The van der Waals surface area contributed by atoms with Gasteiger partial charge in [-0.15, -0.1) is 0 Å². The van der Waals surface area contributed by atoms with Crippen molar-refractivity contribution in [3.63, 3.8) is 0 Å². The molecule has 0 N–H and O–H groups in total. The number of benzene rings is 3. The second-order valence-electron chi connectivity index (χ2n) is 8.08. The van der Waals surface area contributed by atoms with E-state index in [1.807, 2.05) is 18.2 Å². The van der Waals surface area contributed by atoms with Crippen LogP contribution in [-0.4, -0.2) is 18.4 Å². The molecule has 3 aromatic carbocycles. The maximum Gasteiger partial charge on any atom is 0.167 e. The maximum atomic E-state index is 13.0. The number of halogens is 1. The second-order valence-corrected chi connectivity index (χ2v) is 8.48. The van der Waals surface area contributed by atoms with Crippen molar-refractivity contribution in [2.75, 3.05) is 6.54 Å². The van der Waals surface area contributed by atoms with Gasteiger partial charge in [0.2, 0.25) is 0 Å². The number of Topliss-reactive ketones (excluding diaryl/α,β-unsaturated/α-hetero) is 1. The minimum Gasteiger partial charge on any atom is -0.294 e. The summed E-state index contributed by atoms with van der Waals surface area (Å²) >= 11 is 6.27. The number of carbonyl (C=O) groups is 1. The standard InChI is InChI=1S/C27H27ClNO/c28-26-14-8-7-13-25(26)27(30)22-17-18-29-23(19-22)15-16-24(20-9-3-1-4-10-20)21-11-5-2-6-12-21/h1-14,22-24H,15-19H2. The first-order valence-electron chi connectivity index (χ1n) is 10.8. The van der Waals surface area contributed by atoms with Crippen LogP contribution in [-0.2, 0) is 0 Å². The summed E-state index contributed by atoms with van der Waals surface area (Å²) in [7, 11) is 0. The number of hydrogen-bond acceptors (Lipinski definition) is 1. The molecular formula is C27H27ClNO. The Balaban J connectivity index is 1.44. The van der Waals surface area contributed by atoms with Gasteiger partial charge < -0.3 is 0 Å². The number of carbonyl (C=O) groups excluding carboxylic acids is 1. The third kappa shape index (κ3) is 5.00. The quantitative estimate of drug-likeness (QED) is 0.403. The van der Waals surface area contributed by atoms with Crippen molar-refractivity contribution in [3.05, 3.63) is 107 Å². The number of ketones is 1. The van der Waals surface area contributed by atoms with E-state index < -0.39 is 0 Å². The molecule has 0 bridgehead atoms. The molecule has 2 unspecified atom stereocenters. The van der Waals surface area contributed by atoms with Gasteiger partial charge in [0.1, 0.15) is 0 Å². The van der Waals surface area contributed by atoms with Gasteiger partial charge in [-0.1, -0.05) is 84.4 Å². The molecule has 1 aliphatic heterocycles. The lowest BCUT2D eigenvalue weighted by Gasteiger charge is -2.29. The summed E-state index contributed by atoms with van der Waals surface area (Å²) in [5.41, 5.74) is 3.32. The summed E-state index contributed by atoms with van der Waals surface area (Å²) in [4.78, 5) is 13.0. The molecule has 1 fully saturated rings. The van der Waals surface area contributed by atoms with Crippen LogP contribution in [0.3, 0.4) is 0 Å². The van der Waals surface area contributed by atoms with Crippen LogP contribution in [0.2, 0.25) is 5.02 Å². The third-order valence-corrected chi connectivity index (χ3v) is 6.45. The lowest BCUT2D eigenvalue weighted by Crippen LogP contribution is -2.36. The zero-order valence-corrected chi connectivity index (χ0v) is 17.8. The van der Waals surface area contributed by atoms with Gasteiger partial charge in [0.05, 0.1) is 5.02 Å². The molecule has 2 nitrogen and oxygen atoms in total. The largest absolute Gasteiger partial charge is 0.294 e. The highest BCUT2D eigenvalue weighted by molar-refractivity contribution is 6.34. The third-order valence-electron chi connectivity index (χ3n) is 6.12. The molecule has 1 saturated heterocycles. The number of hydrogen-bond donors (Lipinski definition) is 0. The summed E-state index contributed by atoms with van der Waals surface area (Å²) in [6.07, 6.45) is 3.65. The Morgan fingerprint density at radius 3 is 2.13 bits per heavy atom. The van der Waals surface area contributed by atoms with E-state index in [2.05, 4.69) is 60.7 Å². The Labute approximate surface area is 184 Å². The van der Waals surface area contributed by atoms with Crippen LogP contribution in [0.5, 0.6) is 0 Å². The highest BCUT2D eigenvalue weighted by atomic mass is 35.5. The smallest absolute Gasteiger partial charge is 0.167 e. The Morgan fingerprint density at radius 1 is 0.900 bits per heavy atom. The summed E-state index contributed by atoms with van der Waals surface area (Å²) < 4.78 is 0. The van der Waals surface area contributed by atoms with Crippen LogP contribution < -0.4 is 5.32 Å². The van der Waals surface area contributed by atoms with Crippen LogP contribution in [0.25, 0.3) is 0 Å². The molecule has 1 aliphatic rings. The Bertz CT molecular complexity index is 917. The fourth-order valence-electron chi connectivity index (χ4n) is 4.52. The average molecular weight is 417 g/mol. The molecule has 2 atom stereocenters. The van der Waals surface area contributed by atoms with Crippen molar-refractivity contribution in [2.24, 2.45) is 5.92 Å². The first kappa shape index (κ1) is 20.8. The highest BCUT2D eigenvalue weighted by Crippen LogP contribution is 2.32. The Morgan fingerprint density at radius 2 is 1.50 bits per heavy atom. The zero-order valence-electron chi connectivity index (χ0n) is 17.1. The average Bonchev–Trinajstić information content (AvgIpc) is 2.81. The van der Waals surface area contributed by atoms with Crippen molar-refractivity contribution in [1.82, 2.24) is 5.32 Å². The minimum atomic E-state index is 0.0132. The van der Waals surface area contributed by atoms with E-state index in [9.17, 15) is 4.79 Å². The summed E-state index contributed by atoms with van der Waals surface area (Å²) in [5.74, 6) is 0.532. The maximum absolute atomic E-state index is 13.0. The molecule has 0 aliphatic carbocycles. The Kier molecular flexibility index (Phi) is 6.99. The van der Waals surface area contributed by atoms with E-state index in [1.165, 1.54) is 11.1 Å². The molecule has 1 heterocycles. The fourth-order valence-corrected chi connectivity index (χ4v) is 4.75. The highest BCUT2D eigenvalue weighted by Gasteiger charge is 2.30. The van der Waals surface area contributed by atoms with Gasteiger partial charge in [-0.25, -0.2) is 5.32 Å². The summed E-state index contributed by atoms with van der Waals surface area (Å²) in [5, 5.41) is 5.40. The first-order valence-corrected chi connectivity index (χ1v) is 11.2. The van der Waals surface area contributed by atoms with Crippen LogP contribution in [0.15, 0.2) is 84.9 Å². The van der Waals surface area contributed by atoms with E-state index in [1.54, 1.807) is 6.07 Å². The number of rotatable bonds is 7. The molecule has 0 amide bonds. The van der Waals surface area contributed by atoms with E-state index in [0.29, 0.717) is 16.5 Å². The van der Waals surface area contributed by atoms with Gasteiger partial charge in [0.25, 0.3) is 0 Å². The van der Waals surface area contributed by atoms with Crippen LogP contribution >= 0.6 is 11.6 Å². The summed E-state index contributed by atoms with van der Waals surface area (Å²) in [6, 6.07) is 29.0. The number of nitrogens with zero attached hydrogens (tertiary/aromatic N) is 1. The van der Waals surface area contributed by atoms with E-state index >= 15 is 0 Å². The van der Waals surface area contributed by atoms with E-state index in [0.717, 1.165) is 32.2 Å².